The van der Waals surface area contributed by atoms with Crippen LogP contribution < -0.4 is 15.4 Å². The number of benzene rings is 3. The number of aryl methyl sites for hydroxylation is 1. The minimum Gasteiger partial charge on any atom is -0.489 e. The van der Waals surface area contributed by atoms with Crippen molar-refractivity contribution in [1.82, 2.24) is 10.6 Å². The maximum Gasteiger partial charge on any atom is 0.124 e. The summed E-state index contributed by atoms with van der Waals surface area (Å²) in [6.07, 6.45) is 1.02. The molecule has 3 aromatic carbocycles. The second-order valence-electron chi connectivity index (χ2n) is 7.05. The molecule has 0 bridgehead atoms. The van der Waals surface area contributed by atoms with Crippen molar-refractivity contribution in [3.63, 3.8) is 0 Å². The molecule has 3 rings (SSSR count). The van der Waals surface area contributed by atoms with Gasteiger partial charge in [0.1, 0.15) is 12.4 Å². The first-order valence-corrected chi connectivity index (χ1v) is 9.99. The minimum absolute atomic E-state index is 0.186. The molecule has 0 fully saturated rings. The Balaban J connectivity index is 1.67. The number of aliphatic hydroxyl groups excluding tert-OH is 1. The summed E-state index contributed by atoms with van der Waals surface area (Å²) in [6, 6.07) is 21.1. The molecule has 0 saturated heterocycles. The molecule has 3 aromatic rings. The van der Waals surface area contributed by atoms with Crippen LogP contribution >= 0.6 is 0 Å². The quantitative estimate of drug-likeness (QED) is 0.445. The van der Waals surface area contributed by atoms with Crippen molar-refractivity contribution < 1.29 is 9.84 Å². The van der Waals surface area contributed by atoms with Crippen molar-refractivity contribution in [2.24, 2.45) is 0 Å². The predicted molar refractivity (Wildman–Crippen MR) is 116 cm³/mol. The second-order valence-corrected chi connectivity index (χ2v) is 7.05. The average molecular weight is 379 g/mol. The lowest BCUT2D eigenvalue weighted by molar-refractivity contribution is 0.292. The molecule has 0 atom stereocenters. The van der Waals surface area contributed by atoms with Crippen LogP contribution in [0.2, 0.25) is 0 Å². The van der Waals surface area contributed by atoms with Gasteiger partial charge in [-0.3, -0.25) is 0 Å². The standard InChI is InChI=1S/C24H30N2O2/c1-19-6-4-7-20(16-19)18-28-24-11-10-21-8-2-3-9-22(21)23(24)17-26-13-5-12-25-14-15-27/h2-4,6-11,16,25-27H,5,12-15,17-18H2,1H3. The van der Waals surface area contributed by atoms with E-state index in [1.54, 1.807) is 0 Å². The van der Waals surface area contributed by atoms with Crippen LogP contribution in [0.3, 0.4) is 0 Å². The highest BCUT2D eigenvalue weighted by Gasteiger charge is 2.09. The van der Waals surface area contributed by atoms with Crippen LogP contribution in [0.1, 0.15) is 23.1 Å². The predicted octanol–water partition coefficient (Wildman–Crippen LogP) is 3.79. The highest BCUT2D eigenvalue weighted by atomic mass is 16.5. The van der Waals surface area contributed by atoms with Gasteiger partial charge in [0.25, 0.3) is 0 Å². The summed E-state index contributed by atoms with van der Waals surface area (Å²) < 4.78 is 6.22. The zero-order valence-electron chi connectivity index (χ0n) is 16.6. The molecule has 0 aliphatic heterocycles. The third-order valence-corrected chi connectivity index (χ3v) is 4.77. The summed E-state index contributed by atoms with van der Waals surface area (Å²) in [4.78, 5) is 0. The van der Waals surface area contributed by atoms with Crippen molar-refractivity contribution in [2.75, 3.05) is 26.2 Å². The summed E-state index contributed by atoms with van der Waals surface area (Å²) in [5.74, 6) is 0.936. The molecule has 4 heteroatoms. The molecule has 28 heavy (non-hydrogen) atoms. The average Bonchev–Trinajstić information content (AvgIpc) is 2.72. The Kier molecular flexibility index (Phi) is 7.85. The maximum atomic E-state index is 8.80. The molecular formula is C24H30N2O2. The van der Waals surface area contributed by atoms with E-state index < -0.39 is 0 Å². The summed E-state index contributed by atoms with van der Waals surface area (Å²) in [6.45, 7) is 6.09. The summed E-state index contributed by atoms with van der Waals surface area (Å²) in [7, 11) is 0. The van der Waals surface area contributed by atoms with Gasteiger partial charge in [-0.15, -0.1) is 0 Å². The van der Waals surface area contributed by atoms with Crippen LogP contribution in [-0.2, 0) is 13.2 Å². The van der Waals surface area contributed by atoms with Crippen molar-refractivity contribution >= 4 is 10.8 Å². The van der Waals surface area contributed by atoms with Crippen LogP contribution in [-0.4, -0.2) is 31.3 Å². The molecule has 0 radical (unpaired) electrons. The summed E-state index contributed by atoms with van der Waals surface area (Å²) >= 11 is 0. The van der Waals surface area contributed by atoms with E-state index >= 15 is 0 Å². The van der Waals surface area contributed by atoms with Gasteiger partial charge < -0.3 is 20.5 Å². The number of aliphatic hydroxyl groups is 1. The van der Waals surface area contributed by atoms with Crippen LogP contribution in [0.25, 0.3) is 10.8 Å². The van der Waals surface area contributed by atoms with E-state index in [4.69, 9.17) is 9.84 Å². The molecule has 0 amide bonds. The van der Waals surface area contributed by atoms with Gasteiger partial charge in [-0.1, -0.05) is 60.2 Å². The van der Waals surface area contributed by atoms with E-state index in [1.165, 1.54) is 27.5 Å². The highest BCUT2D eigenvalue weighted by Crippen LogP contribution is 2.28. The first-order valence-electron chi connectivity index (χ1n) is 9.99. The van der Waals surface area contributed by atoms with Gasteiger partial charge in [0, 0.05) is 18.7 Å². The van der Waals surface area contributed by atoms with Gasteiger partial charge in [-0.05, 0) is 48.8 Å². The Labute approximate surface area is 167 Å². The highest BCUT2D eigenvalue weighted by molar-refractivity contribution is 5.87. The maximum absolute atomic E-state index is 8.80. The lowest BCUT2D eigenvalue weighted by Crippen LogP contribution is -2.24. The van der Waals surface area contributed by atoms with Crippen molar-refractivity contribution in [1.29, 1.82) is 0 Å². The van der Waals surface area contributed by atoms with Crippen molar-refractivity contribution in [2.45, 2.75) is 26.5 Å². The van der Waals surface area contributed by atoms with E-state index in [0.29, 0.717) is 13.2 Å². The minimum atomic E-state index is 0.186. The SMILES string of the molecule is Cc1cccc(COc2ccc3ccccc3c2CNCCCNCCO)c1. The van der Waals surface area contributed by atoms with Gasteiger partial charge >= 0.3 is 0 Å². The van der Waals surface area contributed by atoms with Crippen LogP contribution in [0.4, 0.5) is 0 Å². The Hall–Kier alpha value is -2.40. The first-order chi connectivity index (χ1) is 13.8. The van der Waals surface area contributed by atoms with Crippen molar-refractivity contribution in [3.05, 3.63) is 77.4 Å². The van der Waals surface area contributed by atoms with Crippen LogP contribution in [0, 0.1) is 6.92 Å². The fraction of sp³-hybridized carbons (Fsp3) is 0.333. The van der Waals surface area contributed by atoms with E-state index in [1.807, 2.05) is 0 Å². The Morgan fingerprint density at radius 1 is 0.893 bits per heavy atom. The molecule has 0 aliphatic rings. The van der Waals surface area contributed by atoms with E-state index in [0.717, 1.165) is 31.8 Å². The Morgan fingerprint density at radius 3 is 2.61 bits per heavy atom. The van der Waals surface area contributed by atoms with Gasteiger partial charge in [0.05, 0.1) is 6.61 Å². The summed E-state index contributed by atoms with van der Waals surface area (Å²) in [5.41, 5.74) is 3.63. The van der Waals surface area contributed by atoms with Gasteiger partial charge in [-0.25, -0.2) is 0 Å². The molecule has 3 N–H and O–H groups in total. The van der Waals surface area contributed by atoms with E-state index in [9.17, 15) is 0 Å². The number of hydrogen-bond acceptors (Lipinski definition) is 4. The molecule has 0 aliphatic carbocycles. The van der Waals surface area contributed by atoms with Gasteiger partial charge in [-0.2, -0.15) is 0 Å². The van der Waals surface area contributed by atoms with Gasteiger partial charge in [0.15, 0.2) is 0 Å². The second kappa shape index (κ2) is 10.8. The summed E-state index contributed by atoms with van der Waals surface area (Å²) in [5, 5.41) is 18.0. The largest absolute Gasteiger partial charge is 0.489 e. The zero-order valence-corrected chi connectivity index (χ0v) is 16.6. The molecule has 0 unspecified atom stereocenters. The fourth-order valence-electron chi connectivity index (χ4n) is 3.35. The zero-order chi connectivity index (χ0) is 19.6. The molecule has 0 heterocycles. The number of rotatable bonds is 11. The van der Waals surface area contributed by atoms with Crippen LogP contribution in [0.5, 0.6) is 5.75 Å². The number of ether oxygens (including phenoxy) is 1. The molecule has 0 spiro atoms. The number of fused-ring (bicyclic) bond motifs is 1. The molecule has 4 nitrogen and oxygen atoms in total. The Morgan fingerprint density at radius 2 is 1.75 bits per heavy atom. The molecule has 0 saturated carbocycles. The number of nitrogens with one attached hydrogen (secondary N) is 2. The number of hydrogen-bond donors (Lipinski definition) is 3. The normalized spacial score (nSPS) is 11.1. The molecule has 0 aromatic heterocycles. The molecular weight excluding hydrogens is 348 g/mol. The lowest BCUT2D eigenvalue weighted by atomic mass is 10.0. The fourth-order valence-corrected chi connectivity index (χ4v) is 3.35. The monoisotopic (exact) mass is 378 g/mol. The van der Waals surface area contributed by atoms with Gasteiger partial charge in [0.2, 0.25) is 0 Å². The van der Waals surface area contributed by atoms with Crippen LogP contribution in [0.15, 0.2) is 60.7 Å². The van der Waals surface area contributed by atoms with E-state index in [2.05, 4.69) is 78.2 Å². The Bertz CT molecular complexity index is 879. The van der Waals surface area contributed by atoms with E-state index in [-0.39, 0.29) is 6.61 Å². The first kappa shape index (κ1) is 20.3. The topological polar surface area (TPSA) is 53.5 Å². The third-order valence-electron chi connectivity index (χ3n) is 4.77. The third kappa shape index (κ3) is 5.80. The molecule has 148 valence electrons. The lowest BCUT2D eigenvalue weighted by Gasteiger charge is -2.15. The smallest absolute Gasteiger partial charge is 0.124 e. The van der Waals surface area contributed by atoms with Crippen molar-refractivity contribution in [3.8, 4) is 5.75 Å².